The molecule has 1 fully saturated rings. The molecule has 0 aliphatic carbocycles. The van der Waals surface area contributed by atoms with Gasteiger partial charge in [-0.15, -0.1) is 0 Å². The van der Waals surface area contributed by atoms with Gasteiger partial charge in [0.05, 0.1) is 6.10 Å². The molecule has 6 nitrogen and oxygen atoms in total. The van der Waals surface area contributed by atoms with Gasteiger partial charge in [0.2, 0.25) is 10.0 Å². The summed E-state index contributed by atoms with van der Waals surface area (Å²) in [7, 11) is -3.59. The zero-order valence-corrected chi connectivity index (χ0v) is 11.0. The number of nitrogen functional groups attached to an aromatic ring is 1. The van der Waals surface area contributed by atoms with Crippen molar-refractivity contribution in [2.45, 2.75) is 24.3 Å². The molecule has 1 aliphatic heterocycles. The van der Waals surface area contributed by atoms with E-state index >= 15 is 0 Å². The van der Waals surface area contributed by atoms with E-state index in [4.69, 9.17) is 10.5 Å². The molecule has 1 aliphatic rings. The lowest BCUT2D eigenvalue weighted by molar-refractivity contribution is 0.107. The van der Waals surface area contributed by atoms with Crippen LogP contribution in [0.5, 0.6) is 0 Å². The molecule has 0 spiro atoms. The number of hydrogen-bond acceptors (Lipinski definition) is 5. The Morgan fingerprint density at radius 3 is 3.00 bits per heavy atom. The van der Waals surface area contributed by atoms with Crippen LogP contribution in [0.3, 0.4) is 0 Å². The highest BCUT2D eigenvalue weighted by atomic mass is 32.2. The number of nitrogens with two attached hydrogens (primary N) is 1. The molecule has 2 atom stereocenters. The smallest absolute Gasteiger partial charge is 0.244 e. The van der Waals surface area contributed by atoms with Gasteiger partial charge in [0.15, 0.2) is 0 Å². The van der Waals surface area contributed by atoms with Crippen LogP contribution in [-0.4, -0.2) is 32.7 Å². The Balaban J connectivity index is 2.06. The second kappa shape index (κ2) is 5.21. The van der Waals surface area contributed by atoms with Crippen LogP contribution in [-0.2, 0) is 14.8 Å². The molecule has 0 aromatic carbocycles. The van der Waals surface area contributed by atoms with Gasteiger partial charge < -0.3 is 10.5 Å². The highest BCUT2D eigenvalue weighted by Crippen LogP contribution is 2.21. The maximum Gasteiger partial charge on any atom is 0.244 e. The summed E-state index contributed by atoms with van der Waals surface area (Å²) in [4.78, 5) is 3.80. The molecule has 2 heterocycles. The molecule has 0 bridgehead atoms. The van der Waals surface area contributed by atoms with Crippen LogP contribution in [0.2, 0.25) is 0 Å². The van der Waals surface area contributed by atoms with Gasteiger partial charge in [0.1, 0.15) is 10.7 Å². The first-order valence-electron chi connectivity index (χ1n) is 5.82. The third-order valence-electron chi connectivity index (χ3n) is 3.16. The number of pyridine rings is 1. The van der Waals surface area contributed by atoms with Gasteiger partial charge in [0, 0.05) is 25.3 Å². The summed E-state index contributed by atoms with van der Waals surface area (Å²) in [6, 6.07) is 2.99. The number of nitrogens with one attached hydrogen (secondary N) is 1. The van der Waals surface area contributed by atoms with Crippen molar-refractivity contribution in [3.05, 3.63) is 18.3 Å². The van der Waals surface area contributed by atoms with E-state index in [9.17, 15) is 8.42 Å². The van der Waals surface area contributed by atoms with Crippen molar-refractivity contribution in [2.24, 2.45) is 5.92 Å². The predicted octanol–water partition coefficient (Wildman–Crippen LogP) is 0.367. The molecular formula is C11H17N3O3S. The molecule has 0 amide bonds. The number of anilines is 1. The van der Waals surface area contributed by atoms with E-state index in [-0.39, 0.29) is 22.7 Å². The van der Waals surface area contributed by atoms with E-state index in [1.54, 1.807) is 6.07 Å². The number of hydrogen-bond donors (Lipinski definition) is 2. The number of aromatic nitrogens is 1. The van der Waals surface area contributed by atoms with Gasteiger partial charge >= 0.3 is 0 Å². The highest BCUT2D eigenvalue weighted by molar-refractivity contribution is 7.89. The van der Waals surface area contributed by atoms with E-state index in [0.29, 0.717) is 13.2 Å². The molecular weight excluding hydrogens is 254 g/mol. The van der Waals surface area contributed by atoms with Crippen LogP contribution >= 0.6 is 0 Å². The van der Waals surface area contributed by atoms with Crippen LogP contribution in [0.15, 0.2) is 23.2 Å². The summed E-state index contributed by atoms with van der Waals surface area (Å²) >= 11 is 0. The Morgan fingerprint density at radius 1 is 1.61 bits per heavy atom. The molecule has 18 heavy (non-hydrogen) atoms. The molecule has 1 aromatic heterocycles. The number of sulfonamides is 1. The van der Waals surface area contributed by atoms with Gasteiger partial charge in [-0.05, 0) is 25.5 Å². The standard InChI is InChI=1S/C11H17N3O3S/c1-8-9(4-6-17-8)7-14-18(15,16)10-3-2-5-13-11(10)12/h2-3,5,8-9,14H,4,6-7H2,1H3,(H2,12,13). The third-order valence-corrected chi connectivity index (χ3v) is 4.63. The van der Waals surface area contributed by atoms with Crippen LogP contribution in [0.25, 0.3) is 0 Å². The van der Waals surface area contributed by atoms with Crippen molar-refractivity contribution >= 4 is 15.8 Å². The lowest BCUT2D eigenvalue weighted by Gasteiger charge is -2.15. The van der Waals surface area contributed by atoms with Crippen LogP contribution in [0, 0.1) is 5.92 Å². The largest absolute Gasteiger partial charge is 0.383 e. The van der Waals surface area contributed by atoms with Gasteiger partial charge in [-0.1, -0.05) is 0 Å². The van der Waals surface area contributed by atoms with Gasteiger partial charge in [-0.2, -0.15) is 0 Å². The topological polar surface area (TPSA) is 94.3 Å². The summed E-state index contributed by atoms with van der Waals surface area (Å²) in [5.74, 6) is 0.221. The summed E-state index contributed by atoms with van der Waals surface area (Å²) in [5, 5.41) is 0. The monoisotopic (exact) mass is 271 g/mol. The Labute approximate surface area is 107 Å². The van der Waals surface area contributed by atoms with Crippen molar-refractivity contribution in [2.75, 3.05) is 18.9 Å². The number of rotatable bonds is 4. The molecule has 2 rings (SSSR count). The molecule has 1 aromatic rings. The van der Waals surface area contributed by atoms with E-state index in [1.807, 2.05) is 6.92 Å². The molecule has 3 N–H and O–H groups in total. The van der Waals surface area contributed by atoms with Crippen molar-refractivity contribution in [1.82, 2.24) is 9.71 Å². The average Bonchev–Trinajstić information content (AvgIpc) is 2.73. The van der Waals surface area contributed by atoms with Crippen LogP contribution in [0.4, 0.5) is 5.82 Å². The Morgan fingerprint density at radius 2 is 2.39 bits per heavy atom. The molecule has 2 unspecified atom stereocenters. The summed E-state index contributed by atoms with van der Waals surface area (Å²) in [6.07, 6.45) is 2.41. The van der Waals surface area contributed by atoms with E-state index in [0.717, 1.165) is 6.42 Å². The maximum absolute atomic E-state index is 12.0. The van der Waals surface area contributed by atoms with Crippen molar-refractivity contribution in [1.29, 1.82) is 0 Å². The summed E-state index contributed by atoms with van der Waals surface area (Å²) in [6.45, 7) is 2.99. The fourth-order valence-electron chi connectivity index (χ4n) is 1.97. The Kier molecular flexibility index (Phi) is 3.84. The highest BCUT2D eigenvalue weighted by Gasteiger charge is 2.26. The van der Waals surface area contributed by atoms with Gasteiger partial charge in [-0.3, -0.25) is 0 Å². The van der Waals surface area contributed by atoms with Crippen LogP contribution in [0.1, 0.15) is 13.3 Å². The predicted molar refractivity (Wildman–Crippen MR) is 67.4 cm³/mol. The quantitative estimate of drug-likeness (QED) is 0.825. The number of ether oxygens (including phenoxy) is 1. The summed E-state index contributed by atoms with van der Waals surface area (Å²) < 4.78 is 32.0. The summed E-state index contributed by atoms with van der Waals surface area (Å²) in [5.41, 5.74) is 5.56. The second-order valence-corrected chi connectivity index (χ2v) is 6.10. The van der Waals surface area contributed by atoms with Gasteiger partial charge in [0.25, 0.3) is 0 Å². The van der Waals surface area contributed by atoms with Crippen molar-refractivity contribution in [3.63, 3.8) is 0 Å². The zero-order chi connectivity index (χ0) is 13.2. The normalized spacial score (nSPS) is 24.3. The third kappa shape index (κ3) is 2.80. The minimum Gasteiger partial charge on any atom is -0.383 e. The van der Waals surface area contributed by atoms with E-state index in [2.05, 4.69) is 9.71 Å². The maximum atomic E-state index is 12.0. The second-order valence-electron chi connectivity index (χ2n) is 4.36. The lowest BCUT2D eigenvalue weighted by Crippen LogP contribution is -2.32. The molecule has 1 saturated heterocycles. The first-order chi connectivity index (χ1) is 8.50. The Hall–Kier alpha value is -1.18. The average molecular weight is 271 g/mol. The minimum atomic E-state index is -3.59. The molecule has 100 valence electrons. The van der Waals surface area contributed by atoms with Crippen molar-refractivity contribution in [3.8, 4) is 0 Å². The fraction of sp³-hybridized carbons (Fsp3) is 0.545. The zero-order valence-electron chi connectivity index (χ0n) is 10.2. The fourth-order valence-corrected chi connectivity index (χ4v) is 3.14. The number of nitrogens with zero attached hydrogens (tertiary/aromatic N) is 1. The minimum absolute atomic E-state index is 0.0146. The molecule has 7 heteroatoms. The van der Waals surface area contributed by atoms with Crippen LogP contribution < -0.4 is 10.5 Å². The van der Waals surface area contributed by atoms with Gasteiger partial charge in [-0.25, -0.2) is 18.1 Å². The molecule has 0 radical (unpaired) electrons. The van der Waals surface area contributed by atoms with E-state index in [1.165, 1.54) is 12.3 Å². The van der Waals surface area contributed by atoms with Crippen molar-refractivity contribution < 1.29 is 13.2 Å². The molecule has 0 saturated carbocycles. The first-order valence-corrected chi connectivity index (χ1v) is 7.31. The first kappa shape index (κ1) is 13.3. The lowest BCUT2D eigenvalue weighted by atomic mass is 10.0. The Bertz CT molecular complexity index is 518. The SMILES string of the molecule is CC1OCCC1CNS(=O)(=O)c1cccnc1N. The van der Waals surface area contributed by atoms with E-state index < -0.39 is 10.0 Å².